The molecule has 0 radical (unpaired) electrons. The van der Waals surface area contributed by atoms with E-state index in [1.807, 2.05) is 0 Å². The molecular formula is C16H20Cl2N2O2. The maximum absolute atomic E-state index is 12.4. The summed E-state index contributed by atoms with van der Waals surface area (Å²) in [5.41, 5.74) is -0.693. The van der Waals surface area contributed by atoms with Crippen LogP contribution in [0.15, 0.2) is 18.2 Å². The number of hydrogen-bond acceptors (Lipinski definition) is 2. The van der Waals surface area contributed by atoms with Gasteiger partial charge in [-0.05, 0) is 44.9 Å². The second-order valence-electron chi connectivity index (χ2n) is 6.19. The molecule has 1 aromatic carbocycles. The Bertz CT molecular complexity index is 561. The Morgan fingerprint density at radius 2 is 1.59 bits per heavy atom. The molecule has 0 unspecified atom stereocenters. The number of carbonyl (C=O) groups excluding carboxylic acids is 2. The van der Waals surface area contributed by atoms with Crippen LogP contribution in [0.25, 0.3) is 0 Å². The van der Waals surface area contributed by atoms with Gasteiger partial charge >= 0.3 is 0 Å². The van der Waals surface area contributed by atoms with Crippen LogP contribution >= 0.6 is 23.2 Å². The smallest absolute Gasteiger partial charge is 0.239 e. The number of amides is 2. The molecule has 0 heterocycles. The molecule has 0 aromatic heterocycles. The standard InChI is InChI=1S/C16H20Cl2N2O2/c1-16(2,14(21)19-12-5-3-4-6-12)15(22)20-13-8-10(17)7-11(18)9-13/h7-9,12H,3-6H2,1-2H3,(H,19,21)(H,20,22). The molecule has 0 bridgehead atoms. The Balaban J connectivity index is 2.03. The van der Waals surface area contributed by atoms with E-state index in [1.54, 1.807) is 32.0 Å². The number of nitrogens with one attached hydrogen (secondary N) is 2. The van der Waals surface area contributed by atoms with Crippen LogP contribution in [0.2, 0.25) is 10.0 Å². The molecule has 1 saturated carbocycles. The van der Waals surface area contributed by atoms with Crippen LogP contribution in [0.4, 0.5) is 5.69 Å². The number of anilines is 1. The quantitative estimate of drug-likeness (QED) is 0.812. The van der Waals surface area contributed by atoms with Gasteiger partial charge in [-0.15, -0.1) is 0 Å². The van der Waals surface area contributed by atoms with Gasteiger partial charge in [-0.3, -0.25) is 9.59 Å². The zero-order valence-electron chi connectivity index (χ0n) is 12.7. The maximum atomic E-state index is 12.4. The molecule has 0 aliphatic heterocycles. The summed E-state index contributed by atoms with van der Waals surface area (Å²) < 4.78 is 0. The summed E-state index contributed by atoms with van der Waals surface area (Å²) in [6, 6.07) is 4.95. The molecule has 0 saturated heterocycles. The number of carbonyl (C=O) groups is 2. The van der Waals surface area contributed by atoms with E-state index in [9.17, 15) is 9.59 Å². The largest absolute Gasteiger partial charge is 0.352 e. The van der Waals surface area contributed by atoms with Crippen LogP contribution in [0.5, 0.6) is 0 Å². The fraction of sp³-hybridized carbons (Fsp3) is 0.500. The van der Waals surface area contributed by atoms with Crippen molar-refractivity contribution < 1.29 is 9.59 Å². The summed E-state index contributed by atoms with van der Waals surface area (Å²) in [7, 11) is 0. The highest BCUT2D eigenvalue weighted by molar-refractivity contribution is 6.35. The number of rotatable bonds is 4. The van der Waals surface area contributed by atoms with Crippen molar-refractivity contribution in [3.8, 4) is 0 Å². The maximum Gasteiger partial charge on any atom is 0.239 e. The average molecular weight is 343 g/mol. The first-order valence-corrected chi connectivity index (χ1v) is 8.13. The second kappa shape index (κ2) is 6.88. The van der Waals surface area contributed by atoms with Gasteiger partial charge < -0.3 is 10.6 Å². The third-order valence-corrected chi connectivity index (χ3v) is 4.38. The van der Waals surface area contributed by atoms with Crippen LogP contribution < -0.4 is 10.6 Å². The minimum absolute atomic E-state index is 0.181. The molecule has 22 heavy (non-hydrogen) atoms. The lowest BCUT2D eigenvalue weighted by Crippen LogP contribution is -2.47. The average Bonchev–Trinajstić information content (AvgIpc) is 2.90. The molecule has 1 aliphatic rings. The molecule has 2 N–H and O–H groups in total. The molecule has 0 spiro atoms. The lowest BCUT2D eigenvalue weighted by atomic mass is 9.90. The number of hydrogen-bond donors (Lipinski definition) is 2. The van der Waals surface area contributed by atoms with E-state index in [0.717, 1.165) is 25.7 Å². The SMILES string of the molecule is CC(C)(C(=O)Nc1cc(Cl)cc(Cl)c1)C(=O)NC1CCCC1. The summed E-state index contributed by atoms with van der Waals surface area (Å²) in [6.45, 7) is 3.22. The molecule has 1 aliphatic carbocycles. The first-order chi connectivity index (χ1) is 10.3. The van der Waals surface area contributed by atoms with Crippen molar-refractivity contribution in [2.24, 2.45) is 5.41 Å². The van der Waals surface area contributed by atoms with Gasteiger partial charge in [0.25, 0.3) is 0 Å². The molecule has 2 rings (SSSR count). The molecule has 4 nitrogen and oxygen atoms in total. The lowest BCUT2D eigenvalue weighted by Gasteiger charge is -2.25. The van der Waals surface area contributed by atoms with Crippen LogP contribution in [0.1, 0.15) is 39.5 Å². The Kier molecular flexibility index (Phi) is 5.35. The van der Waals surface area contributed by atoms with E-state index in [4.69, 9.17) is 23.2 Å². The van der Waals surface area contributed by atoms with Gasteiger partial charge in [-0.1, -0.05) is 36.0 Å². The monoisotopic (exact) mass is 342 g/mol. The Hall–Kier alpha value is -1.26. The van der Waals surface area contributed by atoms with E-state index in [0.29, 0.717) is 15.7 Å². The zero-order chi connectivity index (χ0) is 16.3. The fourth-order valence-electron chi connectivity index (χ4n) is 2.45. The van der Waals surface area contributed by atoms with Gasteiger partial charge in [0.15, 0.2) is 0 Å². The molecule has 6 heteroatoms. The van der Waals surface area contributed by atoms with E-state index in [1.165, 1.54) is 0 Å². The van der Waals surface area contributed by atoms with E-state index < -0.39 is 5.41 Å². The number of benzene rings is 1. The Morgan fingerprint density at radius 1 is 1.05 bits per heavy atom. The highest BCUT2D eigenvalue weighted by atomic mass is 35.5. The van der Waals surface area contributed by atoms with Gasteiger partial charge in [-0.25, -0.2) is 0 Å². The van der Waals surface area contributed by atoms with Crippen molar-refractivity contribution in [3.05, 3.63) is 28.2 Å². The first-order valence-electron chi connectivity index (χ1n) is 7.37. The number of halogens is 2. The van der Waals surface area contributed by atoms with Crippen molar-refractivity contribution in [1.82, 2.24) is 5.32 Å². The topological polar surface area (TPSA) is 58.2 Å². The minimum atomic E-state index is -1.17. The third kappa shape index (κ3) is 4.14. The summed E-state index contributed by atoms with van der Waals surface area (Å²) >= 11 is 11.8. The van der Waals surface area contributed by atoms with Crippen molar-refractivity contribution in [2.45, 2.75) is 45.6 Å². The van der Waals surface area contributed by atoms with E-state index in [-0.39, 0.29) is 17.9 Å². The van der Waals surface area contributed by atoms with Crippen molar-refractivity contribution in [1.29, 1.82) is 0 Å². The zero-order valence-corrected chi connectivity index (χ0v) is 14.2. The molecule has 1 aromatic rings. The predicted molar refractivity (Wildman–Crippen MR) is 89.3 cm³/mol. The molecule has 2 amide bonds. The predicted octanol–water partition coefficient (Wildman–Crippen LogP) is 4.02. The summed E-state index contributed by atoms with van der Waals surface area (Å²) in [4.78, 5) is 24.8. The summed E-state index contributed by atoms with van der Waals surface area (Å²) in [6.07, 6.45) is 4.21. The summed E-state index contributed by atoms with van der Waals surface area (Å²) in [5.74, 6) is -0.647. The molecule has 0 atom stereocenters. The normalized spacial score (nSPS) is 15.6. The third-order valence-electron chi connectivity index (χ3n) is 3.95. The Morgan fingerprint density at radius 3 is 2.14 bits per heavy atom. The minimum Gasteiger partial charge on any atom is -0.352 e. The lowest BCUT2D eigenvalue weighted by molar-refractivity contribution is -0.138. The van der Waals surface area contributed by atoms with Crippen LogP contribution in [-0.4, -0.2) is 17.9 Å². The van der Waals surface area contributed by atoms with E-state index in [2.05, 4.69) is 10.6 Å². The molecular weight excluding hydrogens is 323 g/mol. The van der Waals surface area contributed by atoms with Crippen LogP contribution in [0.3, 0.4) is 0 Å². The Labute approximate surface area is 140 Å². The van der Waals surface area contributed by atoms with Gasteiger partial charge in [-0.2, -0.15) is 0 Å². The highest BCUT2D eigenvalue weighted by Gasteiger charge is 2.37. The highest BCUT2D eigenvalue weighted by Crippen LogP contribution is 2.26. The van der Waals surface area contributed by atoms with Crippen LogP contribution in [-0.2, 0) is 9.59 Å². The van der Waals surface area contributed by atoms with Gasteiger partial charge in [0, 0.05) is 21.8 Å². The van der Waals surface area contributed by atoms with Crippen molar-refractivity contribution >= 4 is 40.7 Å². The first kappa shape index (κ1) is 17.1. The van der Waals surface area contributed by atoms with Crippen molar-refractivity contribution in [2.75, 3.05) is 5.32 Å². The summed E-state index contributed by atoms with van der Waals surface area (Å²) in [5, 5.41) is 6.51. The van der Waals surface area contributed by atoms with Crippen LogP contribution in [0, 0.1) is 5.41 Å². The fourth-order valence-corrected chi connectivity index (χ4v) is 2.98. The van der Waals surface area contributed by atoms with E-state index >= 15 is 0 Å². The second-order valence-corrected chi connectivity index (χ2v) is 7.06. The van der Waals surface area contributed by atoms with Gasteiger partial charge in [0.2, 0.25) is 11.8 Å². The molecule has 120 valence electrons. The molecule has 1 fully saturated rings. The van der Waals surface area contributed by atoms with Gasteiger partial charge in [0.1, 0.15) is 5.41 Å². The van der Waals surface area contributed by atoms with Crippen molar-refractivity contribution in [3.63, 3.8) is 0 Å². The van der Waals surface area contributed by atoms with Gasteiger partial charge in [0.05, 0.1) is 0 Å².